The summed E-state index contributed by atoms with van der Waals surface area (Å²) in [5.41, 5.74) is 0.181. The van der Waals surface area contributed by atoms with E-state index in [4.69, 9.17) is 23.2 Å². The smallest absolute Gasteiger partial charge is 0.244 e. The largest absolute Gasteiger partial charge is 0.322 e. The van der Waals surface area contributed by atoms with Crippen molar-refractivity contribution in [1.29, 1.82) is 5.26 Å². The third-order valence-corrected chi connectivity index (χ3v) is 4.33. The summed E-state index contributed by atoms with van der Waals surface area (Å²) in [6, 6.07) is 5.67. The van der Waals surface area contributed by atoms with Crippen LogP contribution in [0.25, 0.3) is 0 Å². The summed E-state index contributed by atoms with van der Waals surface area (Å²) in [5.74, 6) is -0.330. The fraction of sp³-hybridized carbons (Fsp3) is 0.500. The number of hydrogen-bond donors (Lipinski definition) is 1. The maximum absolute atomic E-state index is 12.6. The zero-order valence-electron chi connectivity index (χ0n) is 12.6. The molecule has 0 bridgehead atoms. The van der Waals surface area contributed by atoms with E-state index in [0.717, 1.165) is 18.4 Å². The standard InChI is InChI=1S/C16H20Cl2N2O/c1-4-8-16(10-19,9-5-2)15(21)20-14-12(17)7-6-11(3)13(14)18/h6-7H,4-5,8-9H2,1-3H3,(H,20,21). The molecule has 0 unspecified atom stereocenters. The number of anilines is 1. The number of benzene rings is 1. The van der Waals surface area contributed by atoms with Crippen LogP contribution < -0.4 is 5.32 Å². The quantitative estimate of drug-likeness (QED) is 0.765. The Morgan fingerprint density at radius 2 is 1.86 bits per heavy atom. The summed E-state index contributed by atoms with van der Waals surface area (Å²) in [5, 5.41) is 13.0. The average Bonchev–Trinajstić information content (AvgIpc) is 2.47. The van der Waals surface area contributed by atoms with Crippen molar-refractivity contribution in [1.82, 2.24) is 0 Å². The lowest BCUT2D eigenvalue weighted by molar-refractivity contribution is -0.123. The maximum atomic E-state index is 12.6. The Kier molecular flexibility index (Phi) is 6.51. The number of nitrogens with zero attached hydrogens (tertiary/aromatic N) is 1. The SMILES string of the molecule is CCCC(C#N)(CCC)C(=O)Nc1c(Cl)ccc(C)c1Cl. The highest BCUT2D eigenvalue weighted by molar-refractivity contribution is 6.40. The molecule has 0 aromatic heterocycles. The molecule has 0 radical (unpaired) electrons. The van der Waals surface area contributed by atoms with E-state index in [1.165, 1.54) is 0 Å². The van der Waals surface area contributed by atoms with Gasteiger partial charge in [0.25, 0.3) is 0 Å². The van der Waals surface area contributed by atoms with Gasteiger partial charge in [-0.15, -0.1) is 0 Å². The lowest BCUT2D eigenvalue weighted by Crippen LogP contribution is -2.35. The minimum Gasteiger partial charge on any atom is -0.322 e. The number of aryl methyl sites for hydroxylation is 1. The Balaban J connectivity index is 3.14. The number of carbonyl (C=O) groups is 1. The number of halogens is 2. The van der Waals surface area contributed by atoms with Crippen LogP contribution in [0.15, 0.2) is 12.1 Å². The molecule has 0 aliphatic carbocycles. The molecule has 5 heteroatoms. The van der Waals surface area contributed by atoms with Crippen LogP contribution in [-0.2, 0) is 4.79 Å². The van der Waals surface area contributed by atoms with Gasteiger partial charge in [-0.3, -0.25) is 4.79 Å². The lowest BCUT2D eigenvalue weighted by atomic mass is 9.79. The Bertz CT molecular complexity index is 558. The molecule has 21 heavy (non-hydrogen) atoms. The predicted molar refractivity (Wildman–Crippen MR) is 87.7 cm³/mol. The van der Waals surface area contributed by atoms with E-state index in [-0.39, 0.29) is 5.91 Å². The van der Waals surface area contributed by atoms with Crippen LogP contribution in [-0.4, -0.2) is 5.91 Å². The number of carbonyl (C=O) groups excluding carboxylic acids is 1. The van der Waals surface area contributed by atoms with Crippen LogP contribution in [0.3, 0.4) is 0 Å². The summed E-state index contributed by atoms with van der Waals surface area (Å²) in [4.78, 5) is 12.6. The van der Waals surface area contributed by atoms with Crippen molar-refractivity contribution in [2.24, 2.45) is 5.41 Å². The highest BCUT2D eigenvalue weighted by Crippen LogP contribution is 2.36. The van der Waals surface area contributed by atoms with Gasteiger partial charge < -0.3 is 5.32 Å². The molecular formula is C16H20Cl2N2O. The number of nitriles is 1. The fourth-order valence-corrected chi connectivity index (χ4v) is 2.84. The Morgan fingerprint density at radius 1 is 1.29 bits per heavy atom. The molecule has 1 aromatic carbocycles. The topological polar surface area (TPSA) is 52.9 Å². The zero-order chi connectivity index (χ0) is 16.0. The van der Waals surface area contributed by atoms with Crippen LogP contribution in [0.2, 0.25) is 10.0 Å². The second-order valence-electron chi connectivity index (χ2n) is 5.20. The first kappa shape index (κ1) is 17.8. The predicted octanol–water partition coefficient (Wildman–Crippen LogP) is 5.35. The van der Waals surface area contributed by atoms with Crippen LogP contribution in [0, 0.1) is 23.7 Å². The lowest BCUT2D eigenvalue weighted by Gasteiger charge is -2.25. The summed E-state index contributed by atoms with van der Waals surface area (Å²) in [6.07, 6.45) is 2.56. The monoisotopic (exact) mass is 326 g/mol. The molecule has 114 valence electrons. The Hall–Kier alpha value is -1.24. The van der Waals surface area contributed by atoms with E-state index in [1.54, 1.807) is 12.1 Å². The second kappa shape index (κ2) is 7.68. The molecule has 1 rings (SSSR count). The maximum Gasteiger partial charge on any atom is 0.244 e. The second-order valence-corrected chi connectivity index (χ2v) is 5.99. The van der Waals surface area contributed by atoms with Crippen molar-refractivity contribution in [2.75, 3.05) is 5.32 Å². The van der Waals surface area contributed by atoms with Crippen molar-refractivity contribution in [3.8, 4) is 6.07 Å². The van der Waals surface area contributed by atoms with Gasteiger partial charge in [0.05, 0.1) is 21.8 Å². The van der Waals surface area contributed by atoms with Crippen LogP contribution >= 0.6 is 23.2 Å². The van der Waals surface area contributed by atoms with E-state index in [9.17, 15) is 10.1 Å². The van der Waals surface area contributed by atoms with Crippen LogP contribution in [0.4, 0.5) is 5.69 Å². The van der Waals surface area contributed by atoms with Crippen molar-refractivity contribution >= 4 is 34.8 Å². The van der Waals surface area contributed by atoms with Gasteiger partial charge in [0.1, 0.15) is 5.41 Å². The molecule has 0 aliphatic heterocycles. The fourth-order valence-electron chi connectivity index (χ4n) is 2.37. The average molecular weight is 327 g/mol. The minimum absolute atomic E-state index is 0.330. The molecule has 0 aliphatic rings. The van der Waals surface area contributed by atoms with Gasteiger partial charge in [0, 0.05) is 0 Å². The minimum atomic E-state index is -1.03. The molecule has 0 heterocycles. The summed E-state index contributed by atoms with van der Waals surface area (Å²) in [6.45, 7) is 5.76. The van der Waals surface area contributed by atoms with Gasteiger partial charge in [0.2, 0.25) is 5.91 Å². The van der Waals surface area contributed by atoms with E-state index in [2.05, 4.69) is 11.4 Å². The molecule has 0 fully saturated rings. The molecular weight excluding hydrogens is 307 g/mol. The highest BCUT2D eigenvalue weighted by atomic mass is 35.5. The van der Waals surface area contributed by atoms with Crippen molar-refractivity contribution < 1.29 is 4.79 Å². The molecule has 0 saturated heterocycles. The third-order valence-electron chi connectivity index (χ3n) is 3.52. The van der Waals surface area contributed by atoms with E-state index in [0.29, 0.717) is 28.6 Å². The molecule has 0 saturated carbocycles. The van der Waals surface area contributed by atoms with Crippen molar-refractivity contribution in [2.45, 2.75) is 46.5 Å². The van der Waals surface area contributed by atoms with Crippen molar-refractivity contribution in [3.05, 3.63) is 27.7 Å². The summed E-state index contributed by atoms with van der Waals surface area (Å²) < 4.78 is 0. The molecule has 1 N–H and O–H groups in total. The van der Waals surface area contributed by atoms with Gasteiger partial charge in [-0.05, 0) is 31.4 Å². The van der Waals surface area contributed by atoms with E-state index < -0.39 is 5.41 Å². The Morgan fingerprint density at radius 3 is 2.33 bits per heavy atom. The third kappa shape index (κ3) is 3.90. The first-order chi connectivity index (χ1) is 9.91. The number of amides is 1. The molecule has 3 nitrogen and oxygen atoms in total. The van der Waals surface area contributed by atoms with E-state index in [1.807, 2.05) is 20.8 Å². The number of rotatable bonds is 6. The number of hydrogen-bond acceptors (Lipinski definition) is 2. The first-order valence-electron chi connectivity index (χ1n) is 7.09. The van der Waals surface area contributed by atoms with Gasteiger partial charge >= 0.3 is 0 Å². The zero-order valence-corrected chi connectivity index (χ0v) is 14.1. The molecule has 0 atom stereocenters. The van der Waals surface area contributed by atoms with Crippen LogP contribution in [0.5, 0.6) is 0 Å². The van der Waals surface area contributed by atoms with Crippen molar-refractivity contribution in [3.63, 3.8) is 0 Å². The normalized spacial score (nSPS) is 11.0. The highest BCUT2D eigenvalue weighted by Gasteiger charge is 2.37. The molecule has 1 amide bonds. The summed E-state index contributed by atoms with van der Waals surface area (Å²) in [7, 11) is 0. The molecule has 0 spiro atoms. The summed E-state index contributed by atoms with van der Waals surface area (Å²) >= 11 is 12.3. The number of nitrogens with one attached hydrogen (secondary N) is 1. The van der Waals surface area contributed by atoms with Gasteiger partial charge in [-0.2, -0.15) is 5.26 Å². The molecule has 1 aromatic rings. The van der Waals surface area contributed by atoms with Gasteiger partial charge in [0.15, 0.2) is 0 Å². The van der Waals surface area contributed by atoms with E-state index >= 15 is 0 Å². The van der Waals surface area contributed by atoms with Gasteiger partial charge in [-0.25, -0.2) is 0 Å². The Labute approximate surface area is 136 Å². The first-order valence-corrected chi connectivity index (χ1v) is 7.84. The van der Waals surface area contributed by atoms with Crippen LogP contribution in [0.1, 0.15) is 45.1 Å². The van der Waals surface area contributed by atoms with Gasteiger partial charge in [-0.1, -0.05) is 56.0 Å².